The van der Waals surface area contributed by atoms with E-state index < -0.39 is 5.92 Å². The summed E-state index contributed by atoms with van der Waals surface area (Å²) in [6.07, 6.45) is 0. The van der Waals surface area contributed by atoms with Crippen LogP contribution in [0.1, 0.15) is 18.4 Å². The van der Waals surface area contributed by atoms with Gasteiger partial charge in [-0.15, -0.1) is 0 Å². The van der Waals surface area contributed by atoms with Crippen molar-refractivity contribution in [3.8, 4) is 0 Å². The molecule has 0 unspecified atom stereocenters. The van der Waals surface area contributed by atoms with Crippen molar-refractivity contribution in [1.82, 2.24) is 15.5 Å². The minimum absolute atomic E-state index is 0.145. The standard InChI is InChI=1S/C17H24FN3O3/c1-3-19-17(23)21-10-14(12-5-4-6-13(18)9-12)15(11-21)16(22)20-7-8-24-2/h4-6,9,14-15H,3,7-8,10-11H2,1-2H3,(H,19,23)(H,20,22)/t14-,15-/m1/s1. The highest BCUT2D eigenvalue weighted by molar-refractivity contribution is 5.82. The molecule has 6 nitrogen and oxygen atoms in total. The summed E-state index contributed by atoms with van der Waals surface area (Å²) in [6, 6.07) is 6.02. The maximum Gasteiger partial charge on any atom is 0.317 e. The summed E-state index contributed by atoms with van der Waals surface area (Å²) in [5.74, 6) is -1.13. The van der Waals surface area contributed by atoms with Crippen molar-refractivity contribution in [3.63, 3.8) is 0 Å². The fourth-order valence-electron chi connectivity index (χ4n) is 2.98. The predicted octanol–water partition coefficient (Wildman–Crippen LogP) is 1.33. The van der Waals surface area contributed by atoms with Gasteiger partial charge in [0, 0.05) is 39.2 Å². The Morgan fingerprint density at radius 3 is 2.79 bits per heavy atom. The normalized spacial score (nSPS) is 20.0. The molecule has 2 rings (SSSR count). The van der Waals surface area contributed by atoms with E-state index in [2.05, 4.69) is 10.6 Å². The summed E-state index contributed by atoms with van der Waals surface area (Å²) in [5, 5.41) is 5.56. The molecule has 1 heterocycles. The van der Waals surface area contributed by atoms with Gasteiger partial charge in [0.2, 0.25) is 5.91 Å². The SMILES string of the molecule is CCNC(=O)N1C[C@H](c2cccc(F)c2)[C@H](C(=O)NCCOC)C1. The molecule has 1 aliphatic heterocycles. The molecule has 1 aromatic rings. The summed E-state index contributed by atoms with van der Waals surface area (Å²) in [4.78, 5) is 26.2. The van der Waals surface area contributed by atoms with E-state index in [1.54, 1.807) is 24.1 Å². The van der Waals surface area contributed by atoms with E-state index >= 15 is 0 Å². The molecule has 7 heteroatoms. The molecule has 1 fully saturated rings. The number of benzene rings is 1. The first-order valence-corrected chi connectivity index (χ1v) is 8.11. The Kier molecular flexibility index (Phi) is 6.54. The first-order valence-electron chi connectivity index (χ1n) is 8.11. The Labute approximate surface area is 141 Å². The largest absolute Gasteiger partial charge is 0.383 e. The van der Waals surface area contributed by atoms with Crippen LogP contribution in [0.4, 0.5) is 9.18 Å². The summed E-state index contributed by atoms with van der Waals surface area (Å²) >= 11 is 0. The summed E-state index contributed by atoms with van der Waals surface area (Å²) in [7, 11) is 1.56. The van der Waals surface area contributed by atoms with Crippen LogP contribution in [0.15, 0.2) is 24.3 Å². The molecule has 1 aliphatic rings. The maximum atomic E-state index is 13.6. The number of methoxy groups -OCH3 is 1. The van der Waals surface area contributed by atoms with Crippen LogP contribution in [0.2, 0.25) is 0 Å². The Morgan fingerprint density at radius 1 is 1.33 bits per heavy atom. The molecule has 0 aromatic heterocycles. The van der Waals surface area contributed by atoms with Gasteiger partial charge in [0.05, 0.1) is 12.5 Å². The summed E-state index contributed by atoms with van der Waals surface area (Å²) in [6.45, 7) is 3.88. The van der Waals surface area contributed by atoms with Gasteiger partial charge in [0.25, 0.3) is 0 Å². The number of hydrogen-bond donors (Lipinski definition) is 2. The van der Waals surface area contributed by atoms with E-state index in [1.807, 2.05) is 6.92 Å². The van der Waals surface area contributed by atoms with Gasteiger partial charge in [-0.05, 0) is 24.6 Å². The molecule has 0 bridgehead atoms. The van der Waals surface area contributed by atoms with Crippen LogP contribution in [0.5, 0.6) is 0 Å². The number of halogens is 1. The Morgan fingerprint density at radius 2 is 2.12 bits per heavy atom. The van der Waals surface area contributed by atoms with Gasteiger partial charge in [-0.2, -0.15) is 0 Å². The van der Waals surface area contributed by atoms with Gasteiger partial charge in [-0.3, -0.25) is 4.79 Å². The van der Waals surface area contributed by atoms with E-state index in [4.69, 9.17) is 4.74 Å². The number of carbonyl (C=O) groups excluding carboxylic acids is 2. The summed E-state index contributed by atoms with van der Waals surface area (Å²) in [5.41, 5.74) is 0.730. The molecule has 0 radical (unpaired) electrons. The zero-order valence-corrected chi connectivity index (χ0v) is 14.0. The molecular formula is C17H24FN3O3. The van der Waals surface area contributed by atoms with Gasteiger partial charge in [-0.25, -0.2) is 9.18 Å². The zero-order valence-electron chi connectivity index (χ0n) is 14.0. The van der Waals surface area contributed by atoms with Crippen LogP contribution >= 0.6 is 0 Å². The second-order valence-corrected chi connectivity index (χ2v) is 5.79. The lowest BCUT2D eigenvalue weighted by molar-refractivity contribution is -0.125. The molecule has 3 amide bonds. The third-order valence-electron chi connectivity index (χ3n) is 4.15. The van der Waals surface area contributed by atoms with E-state index in [0.29, 0.717) is 32.8 Å². The lowest BCUT2D eigenvalue weighted by atomic mass is 9.88. The minimum Gasteiger partial charge on any atom is -0.383 e. The Hall–Kier alpha value is -2.15. The molecule has 132 valence electrons. The van der Waals surface area contributed by atoms with Gasteiger partial charge < -0.3 is 20.3 Å². The molecule has 0 saturated carbocycles. The fraction of sp³-hybridized carbons (Fsp3) is 0.529. The highest BCUT2D eigenvalue weighted by Crippen LogP contribution is 2.33. The number of urea groups is 1. The Bertz CT molecular complexity index is 582. The molecular weight excluding hydrogens is 313 g/mol. The quantitative estimate of drug-likeness (QED) is 0.770. The predicted molar refractivity (Wildman–Crippen MR) is 88.2 cm³/mol. The molecule has 1 saturated heterocycles. The van der Waals surface area contributed by atoms with Crippen LogP contribution in [-0.2, 0) is 9.53 Å². The Balaban J connectivity index is 2.16. The maximum absolute atomic E-state index is 13.6. The third kappa shape index (κ3) is 4.44. The van der Waals surface area contributed by atoms with Crippen molar-refractivity contribution in [2.45, 2.75) is 12.8 Å². The number of likely N-dealkylation sites (tertiary alicyclic amines) is 1. The highest BCUT2D eigenvalue weighted by atomic mass is 19.1. The van der Waals surface area contributed by atoms with Crippen molar-refractivity contribution in [1.29, 1.82) is 0 Å². The molecule has 1 aromatic carbocycles. The van der Waals surface area contributed by atoms with Gasteiger partial charge >= 0.3 is 6.03 Å². The highest BCUT2D eigenvalue weighted by Gasteiger charge is 2.40. The van der Waals surface area contributed by atoms with Crippen LogP contribution in [0.3, 0.4) is 0 Å². The zero-order chi connectivity index (χ0) is 17.5. The first-order chi connectivity index (χ1) is 11.6. The van der Waals surface area contributed by atoms with Crippen molar-refractivity contribution < 1.29 is 18.7 Å². The van der Waals surface area contributed by atoms with E-state index in [-0.39, 0.29) is 23.7 Å². The number of ether oxygens (including phenoxy) is 1. The monoisotopic (exact) mass is 337 g/mol. The number of hydrogen-bond acceptors (Lipinski definition) is 3. The van der Waals surface area contributed by atoms with E-state index in [0.717, 1.165) is 5.56 Å². The summed E-state index contributed by atoms with van der Waals surface area (Å²) < 4.78 is 18.5. The first kappa shape index (κ1) is 18.2. The number of nitrogens with one attached hydrogen (secondary N) is 2. The van der Waals surface area contributed by atoms with Crippen molar-refractivity contribution in [3.05, 3.63) is 35.6 Å². The van der Waals surface area contributed by atoms with Crippen molar-refractivity contribution >= 4 is 11.9 Å². The third-order valence-corrected chi connectivity index (χ3v) is 4.15. The van der Waals surface area contributed by atoms with Crippen LogP contribution in [-0.4, -0.2) is 56.7 Å². The van der Waals surface area contributed by atoms with Gasteiger partial charge in [0.15, 0.2) is 0 Å². The van der Waals surface area contributed by atoms with E-state index in [9.17, 15) is 14.0 Å². The molecule has 0 aliphatic carbocycles. The second-order valence-electron chi connectivity index (χ2n) is 5.79. The topological polar surface area (TPSA) is 70.7 Å². The smallest absolute Gasteiger partial charge is 0.317 e. The lowest BCUT2D eigenvalue weighted by Gasteiger charge is -2.18. The average Bonchev–Trinajstić information content (AvgIpc) is 3.01. The molecule has 2 atom stereocenters. The second kappa shape index (κ2) is 8.63. The lowest BCUT2D eigenvalue weighted by Crippen LogP contribution is -2.40. The molecule has 24 heavy (non-hydrogen) atoms. The van der Waals surface area contributed by atoms with Crippen molar-refractivity contribution in [2.75, 3.05) is 39.9 Å². The van der Waals surface area contributed by atoms with E-state index in [1.165, 1.54) is 12.1 Å². The number of amides is 3. The average molecular weight is 337 g/mol. The van der Waals surface area contributed by atoms with Gasteiger partial charge in [-0.1, -0.05) is 12.1 Å². The molecule has 2 N–H and O–H groups in total. The van der Waals surface area contributed by atoms with Gasteiger partial charge in [0.1, 0.15) is 5.82 Å². The van der Waals surface area contributed by atoms with Crippen molar-refractivity contribution in [2.24, 2.45) is 5.92 Å². The number of carbonyl (C=O) groups is 2. The van der Waals surface area contributed by atoms with Crippen LogP contribution < -0.4 is 10.6 Å². The molecule has 0 spiro atoms. The van der Waals surface area contributed by atoms with Crippen LogP contribution in [0.25, 0.3) is 0 Å². The minimum atomic E-state index is -0.411. The van der Waals surface area contributed by atoms with Crippen LogP contribution in [0, 0.1) is 11.7 Å². The number of nitrogens with zero attached hydrogens (tertiary/aromatic N) is 1. The fourth-order valence-corrected chi connectivity index (χ4v) is 2.98. The number of rotatable bonds is 6.